The van der Waals surface area contributed by atoms with Gasteiger partial charge in [0.1, 0.15) is 0 Å². The fraction of sp³-hybridized carbons (Fsp3) is 0.372. The lowest BCUT2D eigenvalue weighted by Gasteiger charge is -2.15. The number of aromatic nitrogens is 4. The van der Waals surface area contributed by atoms with Crippen molar-refractivity contribution in [1.29, 1.82) is 0 Å². The Balaban J connectivity index is 0.000000175. The van der Waals surface area contributed by atoms with E-state index in [1.807, 2.05) is 61.2 Å². The van der Waals surface area contributed by atoms with Crippen molar-refractivity contribution >= 4 is 60.2 Å². The molecule has 286 valence electrons. The molecule has 11 heteroatoms. The number of nitrogens with two attached hydrogens (primary N) is 1. The van der Waals surface area contributed by atoms with Crippen LogP contribution < -0.4 is 11.1 Å². The van der Waals surface area contributed by atoms with Gasteiger partial charge in [-0.3, -0.25) is 4.79 Å². The molecule has 0 radical (unpaired) electrons. The molecule has 0 unspecified atom stereocenters. The highest BCUT2D eigenvalue weighted by Gasteiger charge is 2.11. The van der Waals surface area contributed by atoms with Crippen molar-refractivity contribution in [3.8, 4) is 0 Å². The summed E-state index contributed by atoms with van der Waals surface area (Å²) in [7, 11) is 0. The quantitative estimate of drug-likeness (QED) is 0.0944. The van der Waals surface area contributed by atoms with Gasteiger partial charge in [0.25, 0.3) is 0 Å². The van der Waals surface area contributed by atoms with Crippen LogP contribution in [0.15, 0.2) is 107 Å². The number of benzene rings is 4. The van der Waals surface area contributed by atoms with Crippen LogP contribution >= 0.6 is 31.9 Å². The van der Waals surface area contributed by atoms with E-state index in [9.17, 15) is 4.79 Å². The molecular formula is C43H54Br2N8O. The van der Waals surface area contributed by atoms with Gasteiger partial charge in [-0.25, -0.2) is 9.97 Å². The zero-order valence-corrected chi connectivity index (χ0v) is 33.5. The van der Waals surface area contributed by atoms with E-state index in [0.29, 0.717) is 12.1 Å². The van der Waals surface area contributed by atoms with Crippen molar-refractivity contribution in [2.75, 3.05) is 52.4 Å². The Bertz CT molecular complexity index is 2050. The van der Waals surface area contributed by atoms with E-state index in [0.717, 1.165) is 72.1 Å². The summed E-state index contributed by atoms with van der Waals surface area (Å²) in [5.41, 5.74) is 14.0. The summed E-state index contributed by atoms with van der Waals surface area (Å²) < 4.78 is 6.28. The summed E-state index contributed by atoms with van der Waals surface area (Å²) >= 11 is 7.05. The lowest BCUT2D eigenvalue weighted by Crippen LogP contribution is -2.29. The van der Waals surface area contributed by atoms with Crippen molar-refractivity contribution in [3.05, 3.63) is 129 Å². The number of hydrogen-bond acceptors (Lipinski definition) is 7. The van der Waals surface area contributed by atoms with E-state index in [1.165, 1.54) is 73.0 Å². The summed E-state index contributed by atoms with van der Waals surface area (Å²) in [6.07, 6.45) is 10.1. The molecule has 6 aromatic rings. The molecule has 54 heavy (non-hydrogen) atoms. The van der Waals surface area contributed by atoms with Crippen LogP contribution in [0.1, 0.15) is 60.2 Å². The third kappa shape index (κ3) is 11.6. The zero-order valence-electron chi connectivity index (χ0n) is 30.3. The second-order valence-corrected chi connectivity index (χ2v) is 15.4. The SMILES string of the molecule is Brc1ccc(Cn2cnc3ccccc32)cc1CNCCN1CCCC1.C.NCCN1CCCC1.O=Cc1cc(Cn2cnc3ccccc32)ccc1Br. The van der Waals surface area contributed by atoms with Gasteiger partial charge in [0.15, 0.2) is 6.29 Å². The van der Waals surface area contributed by atoms with Gasteiger partial charge in [-0.15, -0.1) is 0 Å². The molecular weight excluding hydrogens is 804 g/mol. The monoisotopic (exact) mass is 856 g/mol. The first-order valence-corrected chi connectivity index (χ1v) is 20.3. The Labute approximate surface area is 337 Å². The standard InChI is InChI=1S/C21H25BrN4.C15H11BrN2O.C6H14N2.CH4/c22-19-8-7-17(15-26-16-24-20-5-1-2-6-21(20)26)13-18(19)14-23-9-12-25-10-3-4-11-25;16-13-6-5-11(7-12(13)9-19)8-18-10-17-14-3-1-2-4-15(14)18;7-3-6-8-4-1-2-5-8;/h1-2,5-8,13,16,23H,3-4,9-12,14-15H2;1-7,9-10H,8H2;1-7H2;1H4. The van der Waals surface area contributed by atoms with E-state index < -0.39 is 0 Å². The van der Waals surface area contributed by atoms with Crippen LogP contribution in [0.3, 0.4) is 0 Å². The Morgan fingerprint density at radius 2 is 1.20 bits per heavy atom. The van der Waals surface area contributed by atoms with Crippen molar-refractivity contribution < 1.29 is 4.79 Å². The molecule has 2 aliphatic heterocycles. The highest BCUT2D eigenvalue weighted by molar-refractivity contribution is 9.10. The number of fused-ring (bicyclic) bond motifs is 2. The number of halogens is 2. The van der Waals surface area contributed by atoms with E-state index in [-0.39, 0.29) is 7.43 Å². The maximum absolute atomic E-state index is 10.9. The first kappa shape index (κ1) is 41.5. The number of hydrogen-bond donors (Lipinski definition) is 2. The Hall–Kier alpha value is -3.71. The molecule has 8 rings (SSSR count). The number of carbonyl (C=O) groups is 1. The molecule has 0 spiro atoms. The second-order valence-electron chi connectivity index (χ2n) is 13.7. The smallest absolute Gasteiger partial charge is 0.151 e. The normalized spacial score (nSPS) is 14.4. The molecule has 4 aromatic carbocycles. The molecule has 0 atom stereocenters. The van der Waals surface area contributed by atoms with E-state index in [4.69, 9.17) is 5.73 Å². The number of nitrogens with zero attached hydrogens (tertiary/aromatic N) is 6. The lowest BCUT2D eigenvalue weighted by molar-refractivity contribution is 0.112. The van der Waals surface area contributed by atoms with Crippen LogP contribution in [0.25, 0.3) is 22.1 Å². The third-order valence-electron chi connectivity index (χ3n) is 9.82. The molecule has 2 aliphatic rings. The molecule has 2 saturated heterocycles. The number of rotatable bonds is 12. The molecule has 0 amide bonds. The average molecular weight is 859 g/mol. The fourth-order valence-corrected chi connectivity index (χ4v) is 7.69. The number of likely N-dealkylation sites (tertiary alicyclic amines) is 2. The van der Waals surface area contributed by atoms with Crippen molar-refractivity contribution in [2.45, 2.75) is 52.7 Å². The number of para-hydroxylation sites is 4. The molecule has 3 N–H and O–H groups in total. The van der Waals surface area contributed by atoms with Crippen LogP contribution in [0.4, 0.5) is 0 Å². The highest BCUT2D eigenvalue weighted by Crippen LogP contribution is 2.22. The largest absolute Gasteiger partial charge is 0.329 e. The van der Waals surface area contributed by atoms with Gasteiger partial charge in [-0.05, 0) is 111 Å². The summed E-state index contributed by atoms with van der Waals surface area (Å²) in [6.45, 7) is 11.6. The van der Waals surface area contributed by atoms with Gasteiger partial charge in [0.05, 0.1) is 34.7 Å². The average Bonchev–Trinajstić information content (AvgIpc) is 4.03. The minimum Gasteiger partial charge on any atom is -0.329 e. The van der Waals surface area contributed by atoms with Crippen LogP contribution in [0.5, 0.6) is 0 Å². The van der Waals surface area contributed by atoms with Crippen molar-refractivity contribution in [1.82, 2.24) is 34.2 Å². The molecule has 2 fully saturated rings. The van der Waals surface area contributed by atoms with Gasteiger partial charge in [0.2, 0.25) is 0 Å². The second kappa shape index (κ2) is 21.4. The van der Waals surface area contributed by atoms with Crippen LogP contribution in [0, 0.1) is 0 Å². The van der Waals surface area contributed by atoms with E-state index in [2.05, 4.69) is 102 Å². The fourth-order valence-electron chi connectivity index (χ4n) is 6.97. The van der Waals surface area contributed by atoms with Gasteiger partial charge < -0.3 is 30.0 Å². The Kier molecular flexibility index (Phi) is 16.4. The van der Waals surface area contributed by atoms with Gasteiger partial charge >= 0.3 is 0 Å². The van der Waals surface area contributed by atoms with Crippen molar-refractivity contribution in [2.24, 2.45) is 5.73 Å². The van der Waals surface area contributed by atoms with Crippen LogP contribution in [-0.4, -0.2) is 87.5 Å². The summed E-state index contributed by atoms with van der Waals surface area (Å²) in [5, 5.41) is 3.59. The summed E-state index contributed by atoms with van der Waals surface area (Å²) in [5.74, 6) is 0. The van der Waals surface area contributed by atoms with E-state index in [1.54, 1.807) is 0 Å². The maximum Gasteiger partial charge on any atom is 0.151 e. The molecule has 4 heterocycles. The van der Waals surface area contributed by atoms with Crippen LogP contribution in [0.2, 0.25) is 0 Å². The molecule has 0 aliphatic carbocycles. The summed E-state index contributed by atoms with van der Waals surface area (Å²) in [4.78, 5) is 24.8. The molecule has 0 saturated carbocycles. The molecule has 9 nitrogen and oxygen atoms in total. The van der Waals surface area contributed by atoms with Gasteiger partial charge in [-0.2, -0.15) is 0 Å². The highest BCUT2D eigenvalue weighted by atomic mass is 79.9. The number of aldehydes is 1. The maximum atomic E-state index is 10.9. The zero-order chi connectivity index (χ0) is 36.8. The summed E-state index contributed by atoms with van der Waals surface area (Å²) in [6, 6.07) is 28.7. The predicted octanol–water partition coefficient (Wildman–Crippen LogP) is 8.37. The topological polar surface area (TPSA) is 97.2 Å². The molecule has 2 aromatic heterocycles. The predicted molar refractivity (Wildman–Crippen MR) is 230 cm³/mol. The minimum atomic E-state index is 0. The molecule has 0 bridgehead atoms. The van der Waals surface area contributed by atoms with Gasteiger partial charge in [0, 0.05) is 60.3 Å². The minimum absolute atomic E-state index is 0. The third-order valence-corrected chi connectivity index (χ3v) is 11.3. The van der Waals surface area contributed by atoms with Gasteiger partial charge in [-0.1, -0.05) is 81.8 Å². The van der Waals surface area contributed by atoms with E-state index >= 15 is 0 Å². The Morgan fingerprint density at radius 1 is 0.685 bits per heavy atom. The first-order chi connectivity index (χ1) is 26.0. The first-order valence-electron chi connectivity index (χ1n) is 18.7. The lowest BCUT2D eigenvalue weighted by atomic mass is 10.1. The Morgan fingerprint density at radius 3 is 1.76 bits per heavy atom. The number of nitrogens with one attached hydrogen (secondary N) is 1. The van der Waals surface area contributed by atoms with Crippen molar-refractivity contribution in [3.63, 3.8) is 0 Å². The number of carbonyl (C=O) groups excluding carboxylic acids is 1. The number of imidazole rings is 2. The van der Waals surface area contributed by atoms with Crippen LogP contribution in [-0.2, 0) is 19.6 Å².